The van der Waals surface area contributed by atoms with Crippen LogP contribution in [0.15, 0.2) is 18.2 Å². The van der Waals surface area contributed by atoms with Crippen molar-refractivity contribution < 1.29 is 18.7 Å². The second-order valence-corrected chi connectivity index (χ2v) is 3.47. The first-order valence-electron chi connectivity index (χ1n) is 5.35. The van der Waals surface area contributed by atoms with Gasteiger partial charge in [0.2, 0.25) is 0 Å². The van der Waals surface area contributed by atoms with Crippen molar-refractivity contribution in [2.45, 2.75) is 19.9 Å². The number of carbonyl (C=O) groups excluding carboxylic acids is 1. The van der Waals surface area contributed by atoms with Crippen LogP contribution < -0.4 is 10.1 Å². The lowest BCUT2D eigenvalue weighted by atomic mass is 10.1. The molecular weight excluding hydrogens is 225 g/mol. The van der Waals surface area contributed by atoms with Crippen LogP contribution in [0.4, 0.5) is 9.18 Å². The number of alkyl carbamates (subject to hydrolysis) is 1. The van der Waals surface area contributed by atoms with Gasteiger partial charge in [-0.25, -0.2) is 9.18 Å². The minimum Gasteiger partial charge on any atom is -0.496 e. The Kier molecular flexibility index (Phi) is 4.75. The summed E-state index contributed by atoms with van der Waals surface area (Å²) in [6.45, 7) is 3.74. The van der Waals surface area contributed by atoms with E-state index in [0.717, 1.165) is 0 Å². The van der Waals surface area contributed by atoms with Gasteiger partial charge in [-0.1, -0.05) is 0 Å². The fourth-order valence-electron chi connectivity index (χ4n) is 1.47. The second-order valence-electron chi connectivity index (χ2n) is 3.47. The highest BCUT2D eigenvalue weighted by molar-refractivity contribution is 5.68. The van der Waals surface area contributed by atoms with Crippen molar-refractivity contribution in [3.63, 3.8) is 0 Å². The van der Waals surface area contributed by atoms with Gasteiger partial charge < -0.3 is 14.8 Å². The molecule has 1 aromatic carbocycles. The molecule has 0 aliphatic heterocycles. The average Bonchev–Trinajstić information content (AvgIpc) is 2.29. The first kappa shape index (κ1) is 13.3. The van der Waals surface area contributed by atoms with E-state index in [0.29, 0.717) is 17.9 Å². The Balaban J connectivity index is 2.83. The number of hydrogen-bond donors (Lipinski definition) is 1. The highest BCUT2D eigenvalue weighted by atomic mass is 19.1. The number of nitrogens with one attached hydrogen (secondary N) is 1. The average molecular weight is 241 g/mol. The van der Waals surface area contributed by atoms with Gasteiger partial charge in [0.1, 0.15) is 11.6 Å². The van der Waals surface area contributed by atoms with Gasteiger partial charge in [-0.05, 0) is 32.0 Å². The maximum absolute atomic E-state index is 13.1. The van der Waals surface area contributed by atoms with Gasteiger partial charge in [0.25, 0.3) is 0 Å². The van der Waals surface area contributed by atoms with Crippen LogP contribution in [0.25, 0.3) is 0 Å². The molecule has 0 aromatic heterocycles. The highest BCUT2D eigenvalue weighted by Crippen LogP contribution is 2.25. The molecule has 0 aliphatic rings. The lowest BCUT2D eigenvalue weighted by molar-refractivity contribution is 0.148. The molecule has 0 spiro atoms. The maximum atomic E-state index is 13.1. The van der Waals surface area contributed by atoms with E-state index in [1.807, 2.05) is 0 Å². The molecule has 94 valence electrons. The van der Waals surface area contributed by atoms with Gasteiger partial charge in [-0.2, -0.15) is 0 Å². The monoisotopic (exact) mass is 241 g/mol. The minimum absolute atomic E-state index is 0.291. The standard InChI is InChI=1S/C12H16FNO3/c1-4-17-12(15)14-8(2)10-7-9(13)5-6-11(10)16-3/h5-8H,4H2,1-3H3,(H,14,15). The molecular formula is C12H16FNO3. The summed E-state index contributed by atoms with van der Waals surface area (Å²) in [4.78, 5) is 11.2. The smallest absolute Gasteiger partial charge is 0.407 e. The minimum atomic E-state index is -0.536. The van der Waals surface area contributed by atoms with E-state index in [1.165, 1.54) is 25.3 Å². The maximum Gasteiger partial charge on any atom is 0.407 e. The van der Waals surface area contributed by atoms with Gasteiger partial charge in [-0.15, -0.1) is 0 Å². The molecule has 1 rings (SSSR count). The predicted molar refractivity (Wildman–Crippen MR) is 61.5 cm³/mol. The molecule has 0 saturated carbocycles. The number of halogens is 1. The number of hydrogen-bond acceptors (Lipinski definition) is 3. The fourth-order valence-corrected chi connectivity index (χ4v) is 1.47. The van der Waals surface area contributed by atoms with E-state index in [4.69, 9.17) is 9.47 Å². The van der Waals surface area contributed by atoms with Gasteiger partial charge >= 0.3 is 6.09 Å². The van der Waals surface area contributed by atoms with Crippen molar-refractivity contribution in [2.75, 3.05) is 13.7 Å². The van der Waals surface area contributed by atoms with Crippen LogP contribution >= 0.6 is 0 Å². The lowest BCUT2D eigenvalue weighted by Gasteiger charge is -2.16. The third-order valence-corrected chi connectivity index (χ3v) is 2.27. The molecule has 0 saturated heterocycles. The van der Waals surface area contributed by atoms with Crippen molar-refractivity contribution in [3.05, 3.63) is 29.6 Å². The van der Waals surface area contributed by atoms with Crippen molar-refractivity contribution in [1.82, 2.24) is 5.32 Å². The zero-order valence-electron chi connectivity index (χ0n) is 10.1. The molecule has 4 nitrogen and oxygen atoms in total. The van der Waals surface area contributed by atoms with E-state index in [2.05, 4.69) is 5.32 Å². The Morgan fingerprint density at radius 1 is 1.53 bits per heavy atom. The lowest BCUT2D eigenvalue weighted by Crippen LogP contribution is -2.27. The van der Waals surface area contributed by atoms with Crippen LogP contribution in [0.5, 0.6) is 5.75 Å². The molecule has 1 N–H and O–H groups in total. The molecule has 0 bridgehead atoms. The van der Waals surface area contributed by atoms with E-state index in [1.54, 1.807) is 13.8 Å². The van der Waals surface area contributed by atoms with Crippen LogP contribution in [0.1, 0.15) is 25.5 Å². The Hall–Kier alpha value is -1.78. The molecule has 0 fully saturated rings. The quantitative estimate of drug-likeness (QED) is 0.881. The predicted octanol–water partition coefficient (Wildman–Crippen LogP) is 2.64. The van der Waals surface area contributed by atoms with Crippen LogP contribution in [-0.4, -0.2) is 19.8 Å². The number of methoxy groups -OCH3 is 1. The third kappa shape index (κ3) is 3.62. The van der Waals surface area contributed by atoms with Crippen molar-refractivity contribution in [3.8, 4) is 5.75 Å². The third-order valence-electron chi connectivity index (χ3n) is 2.27. The Morgan fingerprint density at radius 3 is 2.82 bits per heavy atom. The fraction of sp³-hybridized carbons (Fsp3) is 0.417. The molecule has 17 heavy (non-hydrogen) atoms. The number of carbonyl (C=O) groups is 1. The molecule has 1 amide bonds. The molecule has 0 radical (unpaired) electrons. The van der Waals surface area contributed by atoms with Crippen LogP contribution in [0, 0.1) is 5.82 Å². The number of benzene rings is 1. The van der Waals surface area contributed by atoms with Gasteiger partial charge in [0.05, 0.1) is 19.8 Å². The molecule has 0 aliphatic carbocycles. The van der Waals surface area contributed by atoms with E-state index >= 15 is 0 Å². The van der Waals surface area contributed by atoms with Gasteiger partial charge in [0, 0.05) is 5.56 Å². The van der Waals surface area contributed by atoms with Crippen molar-refractivity contribution >= 4 is 6.09 Å². The van der Waals surface area contributed by atoms with Gasteiger partial charge in [-0.3, -0.25) is 0 Å². The zero-order valence-corrected chi connectivity index (χ0v) is 10.1. The Labute approximate surface area is 99.7 Å². The largest absolute Gasteiger partial charge is 0.496 e. The normalized spacial score (nSPS) is 11.8. The van der Waals surface area contributed by atoms with Crippen molar-refractivity contribution in [1.29, 1.82) is 0 Å². The summed E-state index contributed by atoms with van der Waals surface area (Å²) in [6.07, 6.45) is -0.536. The number of rotatable bonds is 4. The summed E-state index contributed by atoms with van der Waals surface area (Å²) in [6, 6.07) is 3.77. The number of ether oxygens (including phenoxy) is 2. The van der Waals surface area contributed by atoms with Crippen LogP contribution in [0.2, 0.25) is 0 Å². The summed E-state index contributed by atoms with van der Waals surface area (Å²) in [5.74, 6) is 0.147. The van der Waals surface area contributed by atoms with E-state index < -0.39 is 6.09 Å². The van der Waals surface area contributed by atoms with Crippen LogP contribution in [0.3, 0.4) is 0 Å². The second kappa shape index (κ2) is 6.08. The summed E-state index contributed by atoms with van der Waals surface area (Å²) in [5.41, 5.74) is 0.570. The van der Waals surface area contributed by atoms with Crippen molar-refractivity contribution in [2.24, 2.45) is 0 Å². The first-order chi connectivity index (χ1) is 8.08. The number of amides is 1. The summed E-state index contributed by atoms with van der Waals surface area (Å²) >= 11 is 0. The van der Waals surface area contributed by atoms with Crippen LogP contribution in [-0.2, 0) is 4.74 Å². The molecule has 0 heterocycles. The molecule has 1 aromatic rings. The first-order valence-corrected chi connectivity index (χ1v) is 5.35. The molecule has 5 heteroatoms. The summed E-state index contributed by atoms with van der Waals surface area (Å²) in [7, 11) is 1.49. The topological polar surface area (TPSA) is 47.6 Å². The zero-order chi connectivity index (χ0) is 12.8. The van der Waals surface area contributed by atoms with E-state index in [-0.39, 0.29) is 11.9 Å². The van der Waals surface area contributed by atoms with Gasteiger partial charge in [0.15, 0.2) is 0 Å². The molecule has 1 atom stereocenters. The summed E-state index contributed by atoms with van der Waals surface area (Å²) in [5, 5.41) is 2.59. The highest BCUT2D eigenvalue weighted by Gasteiger charge is 2.15. The van der Waals surface area contributed by atoms with E-state index in [9.17, 15) is 9.18 Å². The SMILES string of the molecule is CCOC(=O)NC(C)c1cc(F)ccc1OC. The summed E-state index contributed by atoms with van der Waals surface area (Å²) < 4.78 is 23.0. The Bertz CT molecular complexity index is 395. The Morgan fingerprint density at radius 2 is 2.24 bits per heavy atom. The molecule has 1 unspecified atom stereocenters.